The van der Waals surface area contributed by atoms with Gasteiger partial charge in [-0.2, -0.15) is 4.98 Å². The summed E-state index contributed by atoms with van der Waals surface area (Å²) >= 11 is 0. The van der Waals surface area contributed by atoms with Gasteiger partial charge >= 0.3 is 5.69 Å². The van der Waals surface area contributed by atoms with Crippen LogP contribution in [0.1, 0.15) is 38.3 Å². The minimum Gasteiger partial charge on any atom is -0.314 e. The zero-order valence-corrected chi connectivity index (χ0v) is 14.2. The zero-order chi connectivity index (χ0) is 16.7. The van der Waals surface area contributed by atoms with Crippen LogP contribution in [0.5, 0.6) is 0 Å². The second-order valence-corrected chi connectivity index (χ2v) is 6.14. The maximum atomic E-state index is 12.5. The molecule has 0 saturated heterocycles. The molecule has 0 fully saturated rings. The van der Waals surface area contributed by atoms with Gasteiger partial charge in [-0.3, -0.25) is 18.3 Å². The number of rotatable bonds is 5. The molecule has 0 unspecified atom stereocenters. The molecule has 0 aliphatic carbocycles. The highest BCUT2D eigenvalue weighted by Crippen LogP contribution is 2.17. The van der Waals surface area contributed by atoms with E-state index in [1.54, 1.807) is 7.05 Å². The number of aryl methyl sites for hydroxylation is 3. The first-order chi connectivity index (χ1) is 11.0. The van der Waals surface area contributed by atoms with Crippen LogP contribution in [0.2, 0.25) is 0 Å². The molecule has 3 rings (SSSR count). The van der Waals surface area contributed by atoms with E-state index in [1.165, 1.54) is 30.9 Å². The highest BCUT2D eigenvalue weighted by Gasteiger charge is 2.18. The van der Waals surface area contributed by atoms with Gasteiger partial charge in [-0.1, -0.05) is 26.2 Å². The Hall–Kier alpha value is -2.31. The van der Waals surface area contributed by atoms with Crippen molar-refractivity contribution in [1.82, 2.24) is 23.1 Å². The third kappa shape index (κ3) is 2.31. The zero-order valence-electron chi connectivity index (χ0n) is 14.2. The Balaban J connectivity index is 2.20. The van der Waals surface area contributed by atoms with Gasteiger partial charge in [0.05, 0.1) is 0 Å². The van der Waals surface area contributed by atoms with E-state index >= 15 is 0 Å². The van der Waals surface area contributed by atoms with Gasteiger partial charge in [0.1, 0.15) is 0 Å². The fraction of sp³-hybridized carbons (Fsp3) is 0.562. The maximum absolute atomic E-state index is 12.5. The van der Waals surface area contributed by atoms with Crippen LogP contribution in [-0.2, 0) is 20.6 Å². The van der Waals surface area contributed by atoms with Gasteiger partial charge in [0.2, 0.25) is 5.78 Å². The Morgan fingerprint density at radius 2 is 1.83 bits per heavy atom. The standard InChI is InChI=1S/C16H23N5O2/c1-5-6-7-8-9-20-11(2)10-21-12-13(17-15(20)21)18(3)16(23)19(4)14(12)22/h10H,5-9H2,1-4H3. The topological polar surface area (TPSA) is 66.2 Å². The van der Waals surface area contributed by atoms with Crippen LogP contribution in [0.3, 0.4) is 0 Å². The van der Waals surface area contributed by atoms with Crippen molar-refractivity contribution in [3.63, 3.8) is 0 Å². The van der Waals surface area contributed by atoms with Crippen molar-refractivity contribution < 1.29 is 0 Å². The second kappa shape index (κ2) is 5.72. The first-order valence-corrected chi connectivity index (χ1v) is 8.11. The summed E-state index contributed by atoms with van der Waals surface area (Å²) in [5.41, 5.74) is 1.31. The second-order valence-electron chi connectivity index (χ2n) is 6.14. The molecule has 0 amide bonds. The van der Waals surface area contributed by atoms with Gasteiger partial charge < -0.3 is 4.57 Å². The van der Waals surface area contributed by atoms with Crippen LogP contribution < -0.4 is 11.2 Å². The van der Waals surface area contributed by atoms with Crippen molar-refractivity contribution in [2.75, 3.05) is 0 Å². The Morgan fingerprint density at radius 3 is 2.52 bits per heavy atom. The minimum atomic E-state index is -0.352. The average molecular weight is 317 g/mol. The van der Waals surface area contributed by atoms with Crippen molar-refractivity contribution >= 4 is 16.9 Å². The van der Waals surface area contributed by atoms with Crippen molar-refractivity contribution in [2.45, 2.75) is 46.1 Å². The fourth-order valence-electron chi connectivity index (χ4n) is 3.10. The number of imidazole rings is 2. The lowest BCUT2D eigenvalue weighted by Gasteiger charge is -2.05. The molecular formula is C16H23N5O2. The SMILES string of the molecule is CCCCCCn1c(C)cn2c3c(=O)n(C)c(=O)n(C)c3nc12. The number of aromatic nitrogens is 5. The van der Waals surface area contributed by atoms with Crippen molar-refractivity contribution in [3.05, 3.63) is 32.7 Å². The predicted molar refractivity (Wildman–Crippen MR) is 90.0 cm³/mol. The Kier molecular flexibility index (Phi) is 3.87. The molecule has 23 heavy (non-hydrogen) atoms. The summed E-state index contributed by atoms with van der Waals surface area (Å²) < 4.78 is 6.50. The number of hydrogen-bond donors (Lipinski definition) is 0. The fourth-order valence-corrected chi connectivity index (χ4v) is 3.10. The van der Waals surface area contributed by atoms with Gasteiger partial charge in [0.15, 0.2) is 11.2 Å². The Bertz CT molecular complexity index is 986. The molecule has 0 atom stereocenters. The molecule has 0 radical (unpaired) electrons. The maximum Gasteiger partial charge on any atom is 0.332 e. The quantitative estimate of drug-likeness (QED) is 0.671. The summed E-state index contributed by atoms with van der Waals surface area (Å²) in [5, 5.41) is 0. The van der Waals surface area contributed by atoms with E-state index in [0.29, 0.717) is 11.2 Å². The molecule has 0 saturated carbocycles. The Labute approximate surface area is 133 Å². The molecule has 3 aromatic heterocycles. The molecule has 124 valence electrons. The molecule has 3 aromatic rings. The van der Waals surface area contributed by atoms with Gasteiger partial charge in [0, 0.05) is 32.5 Å². The number of unbranched alkanes of at least 4 members (excludes halogenated alkanes) is 3. The van der Waals surface area contributed by atoms with Crippen LogP contribution in [0.4, 0.5) is 0 Å². The lowest BCUT2D eigenvalue weighted by Crippen LogP contribution is -2.37. The van der Waals surface area contributed by atoms with Crippen molar-refractivity contribution in [3.8, 4) is 0 Å². The minimum absolute atomic E-state index is 0.307. The van der Waals surface area contributed by atoms with Gasteiger partial charge in [-0.25, -0.2) is 4.79 Å². The largest absolute Gasteiger partial charge is 0.332 e. The van der Waals surface area contributed by atoms with Crippen LogP contribution in [0.15, 0.2) is 15.8 Å². The summed E-state index contributed by atoms with van der Waals surface area (Å²) in [4.78, 5) is 29.1. The smallest absolute Gasteiger partial charge is 0.314 e. The number of nitrogens with zero attached hydrogens (tertiary/aromatic N) is 5. The van der Waals surface area contributed by atoms with E-state index < -0.39 is 0 Å². The van der Waals surface area contributed by atoms with E-state index in [1.807, 2.05) is 17.5 Å². The summed E-state index contributed by atoms with van der Waals surface area (Å²) in [6.45, 7) is 5.09. The third-order valence-electron chi connectivity index (χ3n) is 4.49. The molecule has 0 aromatic carbocycles. The third-order valence-corrected chi connectivity index (χ3v) is 4.49. The van der Waals surface area contributed by atoms with E-state index in [0.717, 1.165) is 29.0 Å². The molecule has 7 nitrogen and oxygen atoms in total. The highest BCUT2D eigenvalue weighted by atomic mass is 16.2. The molecular weight excluding hydrogens is 294 g/mol. The molecule has 0 bridgehead atoms. The van der Waals surface area contributed by atoms with Gasteiger partial charge in [-0.05, 0) is 13.3 Å². The highest BCUT2D eigenvalue weighted by molar-refractivity contribution is 5.75. The van der Waals surface area contributed by atoms with E-state index in [9.17, 15) is 9.59 Å². The van der Waals surface area contributed by atoms with Crippen molar-refractivity contribution in [1.29, 1.82) is 0 Å². The molecule has 0 spiro atoms. The molecule has 0 aliphatic rings. The summed E-state index contributed by atoms with van der Waals surface area (Å²) in [5.74, 6) is 0.729. The van der Waals surface area contributed by atoms with E-state index in [2.05, 4.69) is 16.5 Å². The monoisotopic (exact) mass is 317 g/mol. The number of hydrogen-bond acceptors (Lipinski definition) is 3. The van der Waals surface area contributed by atoms with Crippen LogP contribution >= 0.6 is 0 Å². The first kappa shape index (κ1) is 15.6. The first-order valence-electron chi connectivity index (χ1n) is 8.11. The molecule has 7 heteroatoms. The predicted octanol–water partition coefficient (Wildman–Crippen LogP) is 1.58. The Morgan fingerprint density at radius 1 is 1.09 bits per heavy atom. The average Bonchev–Trinajstić information content (AvgIpc) is 3.03. The van der Waals surface area contributed by atoms with Crippen LogP contribution in [0, 0.1) is 6.92 Å². The molecule has 0 N–H and O–H groups in total. The van der Waals surface area contributed by atoms with Crippen molar-refractivity contribution in [2.24, 2.45) is 14.1 Å². The van der Waals surface area contributed by atoms with E-state index in [-0.39, 0.29) is 11.2 Å². The van der Waals surface area contributed by atoms with E-state index in [4.69, 9.17) is 0 Å². The van der Waals surface area contributed by atoms with Gasteiger partial charge in [-0.15, -0.1) is 0 Å². The lowest BCUT2D eigenvalue weighted by molar-refractivity contribution is 0.583. The summed E-state index contributed by atoms with van der Waals surface area (Å²) in [6.07, 6.45) is 6.61. The lowest BCUT2D eigenvalue weighted by atomic mass is 10.2. The molecule has 0 aliphatic heterocycles. The van der Waals surface area contributed by atoms with Crippen LogP contribution in [-0.4, -0.2) is 23.1 Å². The summed E-state index contributed by atoms with van der Waals surface area (Å²) in [7, 11) is 3.15. The van der Waals surface area contributed by atoms with Crippen LogP contribution in [0.25, 0.3) is 16.9 Å². The van der Waals surface area contributed by atoms with Gasteiger partial charge in [0.25, 0.3) is 5.56 Å². The molecule has 3 heterocycles. The number of fused-ring (bicyclic) bond motifs is 3. The normalized spacial score (nSPS) is 11.8. The summed E-state index contributed by atoms with van der Waals surface area (Å²) in [6, 6.07) is 0.